The van der Waals surface area contributed by atoms with E-state index in [1.54, 1.807) is 0 Å². The number of ether oxygens (including phenoxy) is 20. The van der Waals surface area contributed by atoms with E-state index in [1.807, 2.05) is 0 Å². The van der Waals surface area contributed by atoms with Crippen molar-refractivity contribution in [1.29, 1.82) is 0 Å². The van der Waals surface area contributed by atoms with E-state index in [2.05, 4.69) is 10.6 Å². The molecule has 55 heteroatoms. The SMILES string of the molecule is OC[C@@H]1O[C@@H]2O[C@H]3[C@H](O)[C@@H](O)[C@@H](O[C@H]4[C@H](O)[C@@H](O)[C@@H](O[C@H]5[C@H](O)[C@H](O)[C@@H](O[C@H]6[C@@H](O)[C@H](O)[C@@H](O[C@H]7[C@H](O)[C@@H](O)[C@@H](O[C@H]8[C@H](O)[C@@H](O)[C@@H](O[C@H]1[C@H](O)[C@H]2O)O[C@H]8CO)O[C@@H]7CO)O[C@@H]6CO)O[C@@H]5CO)O[C@@H]4CNC(=S)NC(CO[C@H]1O[C@H](CO)[C@@H](O)[C@H](O)[C@@H]1O)(CO[C@H]1O[C@H](CO)[C@@H](O)[C@H](O)[C@@H]1O)CO[C@H]1O[C@H](CO)[C@@H](O)[C@H](O)[C@@H]1O)O[C@H]3CO. The first-order chi connectivity index (χ1) is 57.0. The van der Waals surface area contributed by atoms with Gasteiger partial charge >= 0.3 is 0 Å². The second-order valence-electron chi connectivity index (χ2n) is 30.6. The first-order valence-electron chi connectivity index (χ1n) is 38.2. The van der Waals surface area contributed by atoms with Crippen LogP contribution < -0.4 is 10.6 Å². The fourth-order valence-corrected chi connectivity index (χ4v) is 15.8. The van der Waals surface area contributed by atoms with Gasteiger partial charge in [-0.2, -0.15) is 0 Å². The van der Waals surface area contributed by atoms with E-state index in [0.29, 0.717) is 0 Å². The molecule has 50 atom stereocenters. The van der Waals surface area contributed by atoms with Crippen molar-refractivity contribution in [2.24, 2.45) is 0 Å². The number of hydrogen-bond donors (Lipinski definition) is 34. The third-order valence-electron chi connectivity index (χ3n) is 22.6. The molecule has 0 unspecified atom stereocenters. The number of thiocarbonyl (C=S) groups is 1. The monoisotopic (exact) mass is 1780 g/mol. The lowest BCUT2D eigenvalue weighted by atomic mass is 9.95. The highest BCUT2D eigenvalue weighted by Gasteiger charge is 2.61. The number of hydrogen-bond acceptors (Lipinski definition) is 53. The van der Waals surface area contributed by atoms with Crippen LogP contribution in [-0.2, 0) is 94.7 Å². The van der Waals surface area contributed by atoms with Gasteiger partial charge in [-0.3, -0.25) is 0 Å². The predicted molar refractivity (Wildman–Crippen MR) is 367 cm³/mol. The molecule has 0 aromatic rings. The van der Waals surface area contributed by atoms with Gasteiger partial charge in [0.1, 0.15) is 250 Å². The highest BCUT2D eigenvalue weighted by atomic mass is 32.1. The van der Waals surface area contributed by atoms with Gasteiger partial charge in [-0.05, 0) is 12.2 Å². The maximum atomic E-state index is 12.3. The van der Waals surface area contributed by atoms with Gasteiger partial charge < -0.3 is 269 Å². The van der Waals surface area contributed by atoms with E-state index >= 15 is 0 Å². The molecule has 54 nitrogen and oxygen atoms in total. The van der Waals surface area contributed by atoms with Crippen LogP contribution in [0, 0.1) is 0 Å². The van der Waals surface area contributed by atoms with Crippen LogP contribution in [0.2, 0.25) is 0 Å². The maximum Gasteiger partial charge on any atom is 0.187 e. The number of nitrogens with one attached hydrogen (secondary N) is 2. The topological polar surface area (TPSA) is 856 Å². The van der Waals surface area contributed by atoms with Crippen LogP contribution in [0.5, 0.6) is 0 Å². The summed E-state index contributed by atoms with van der Waals surface area (Å²) in [6, 6.07) is 0. The molecule has 0 amide bonds. The molecule has 120 heavy (non-hydrogen) atoms. The van der Waals surface area contributed by atoms with Gasteiger partial charge in [0, 0.05) is 6.54 Å². The summed E-state index contributed by atoms with van der Waals surface area (Å²) < 4.78 is 116. The van der Waals surface area contributed by atoms with Crippen molar-refractivity contribution in [3.05, 3.63) is 0 Å². The Balaban J connectivity index is 0.921. The zero-order valence-electron chi connectivity index (χ0n) is 62.9. The van der Waals surface area contributed by atoms with Crippen molar-refractivity contribution in [3.8, 4) is 0 Å². The minimum absolute atomic E-state index is 0.739. The molecule has 24 rings (SSSR count). The Kier molecular flexibility index (Phi) is 34.7. The summed E-state index contributed by atoms with van der Waals surface area (Å²) in [6.07, 6.45) is -107. The third-order valence-corrected chi connectivity index (χ3v) is 22.8. The first-order valence-corrected chi connectivity index (χ1v) is 38.6. The fraction of sp³-hybridized carbons (Fsp3) is 0.985. The quantitative estimate of drug-likeness (QED) is 0.0475. The van der Waals surface area contributed by atoms with Crippen molar-refractivity contribution in [3.63, 3.8) is 0 Å². The molecular formula is C65H110N2O52S. The lowest BCUT2D eigenvalue weighted by Crippen LogP contribution is -2.69. The second kappa shape index (κ2) is 42.5. The van der Waals surface area contributed by atoms with E-state index in [0.717, 1.165) is 0 Å². The summed E-state index contributed by atoms with van der Waals surface area (Å²) in [7, 11) is 0. The average molecular weight is 1780 g/mol. The van der Waals surface area contributed by atoms with Crippen molar-refractivity contribution in [1.82, 2.24) is 10.6 Å². The van der Waals surface area contributed by atoms with Crippen molar-refractivity contribution < 1.29 is 258 Å². The smallest absolute Gasteiger partial charge is 0.187 e. The van der Waals surface area contributed by atoms with Gasteiger partial charge in [0.05, 0.1) is 79.3 Å². The van der Waals surface area contributed by atoms with Gasteiger partial charge in [-0.25, -0.2) is 0 Å². The minimum atomic E-state index is -2.51. The van der Waals surface area contributed by atoms with Crippen LogP contribution in [0.15, 0.2) is 0 Å². The van der Waals surface area contributed by atoms with E-state index in [9.17, 15) is 163 Å². The molecule has 24 aliphatic heterocycles. The molecule has 34 N–H and O–H groups in total. The lowest BCUT2D eigenvalue weighted by molar-refractivity contribution is -0.396. The van der Waals surface area contributed by atoms with E-state index in [-0.39, 0.29) is 0 Å². The molecule has 14 bridgehead atoms. The highest BCUT2D eigenvalue weighted by molar-refractivity contribution is 7.80. The van der Waals surface area contributed by atoms with E-state index in [4.69, 9.17) is 107 Å². The van der Waals surface area contributed by atoms with Crippen LogP contribution >= 0.6 is 12.2 Å². The van der Waals surface area contributed by atoms with Crippen molar-refractivity contribution >= 4 is 17.3 Å². The largest absolute Gasteiger partial charge is 0.394 e. The Labute approximate surface area is 682 Å². The van der Waals surface area contributed by atoms with Crippen LogP contribution in [0.4, 0.5) is 0 Å². The zero-order valence-corrected chi connectivity index (χ0v) is 63.8. The Bertz CT molecular complexity index is 3010. The summed E-state index contributed by atoms with van der Waals surface area (Å²) in [5, 5.41) is 361. The van der Waals surface area contributed by atoms with Gasteiger partial charge in [0.15, 0.2) is 68.0 Å². The Morgan fingerprint density at radius 1 is 0.217 bits per heavy atom. The average Bonchev–Trinajstić information content (AvgIpc) is 0.781. The molecule has 24 heterocycles. The van der Waals surface area contributed by atoms with Crippen molar-refractivity contribution in [2.45, 2.75) is 313 Å². The molecule has 0 radical (unpaired) electrons. The van der Waals surface area contributed by atoms with Gasteiger partial charge in [0.2, 0.25) is 0 Å². The molecule has 0 aliphatic carbocycles. The summed E-state index contributed by atoms with van der Waals surface area (Å²) in [5.74, 6) is 0. The minimum Gasteiger partial charge on any atom is -0.394 e. The molecule has 24 saturated heterocycles. The summed E-state index contributed by atoms with van der Waals surface area (Å²) in [6.45, 7) is -14.4. The van der Waals surface area contributed by atoms with Crippen LogP contribution in [0.1, 0.15) is 0 Å². The first kappa shape index (κ1) is 98.2. The molecule has 24 aliphatic rings. The number of rotatable bonds is 21. The summed E-state index contributed by atoms with van der Waals surface area (Å²) in [5.41, 5.74) is -2.44. The molecule has 0 spiro atoms. The van der Waals surface area contributed by atoms with E-state index < -0.39 is 404 Å². The molecule has 0 saturated carbocycles. The molecular weight excluding hydrogens is 1670 g/mol. The highest BCUT2D eigenvalue weighted by Crippen LogP contribution is 2.41. The maximum absolute atomic E-state index is 12.3. The van der Waals surface area contributed by atoms with Crippen LogP contribution in [-0.4, -0.2) is 567 Å². The van der Waals surface area contributed by atoms with Crippen LogP contribution in [0.3, 0.4) is 0 Å². The standard InChI is InChI=1S/C65H110N2O52S/c68-2-15-24(77)27(80)37(90)54(104-15)100-11-65(12-101-55-38(91)28(81)25(78)16(3-69)105-55,13-102-56-39(92)29(82)26(79)17(4-70)106-56)67-64(120)66-1-14-47-30(83)40(93)57(103-14)114-48-18(5-71)108-59(42(95)32(48)85)116-50-20(7-73)110-61(44(97)34(50)87)118-52-22(9-75)112-63(46(99)36(52)89)119-53-23(10-76)111-62(45(98)35(53)88)117-51-21(8-74)109-60(43(96)33(51)86)115-49-19(6-72)107-58(113-47)41(94)31(49)84/h14-63,68-99H,1-13H2,(H2,66,67,120)/t14-,15-,16-,17-,18-,19+,20-,21+,22-,23+,24-,25-,26-,27+,28+,29+,30-,31-,32-,33-,34+,35-,36-,37+,38+,39+,40-,41-,42+,43-,44+,45-,46-,47-,48-,49-,50-,51-,52-,53-,54+,55+,56+,57-,58-,59-,60-,61-,62-,63-/m1/s1. The number of aliphatic hydroxyl groups is 32. The third kappa shape index (κ3) is 20.6. The predicted octanol–water partition coefficient (Wildman–Crippen LogP) is -23.6. The fourth-order valence-electron chi connectivity index (χ4n) is 15.5. The van der Waals surface area contributed by atoms with Crippen LogP contribution in [0.25, 0.3) is 0 Å². The Hall–Kier alpha value is -2.39. The molecule has 24 fully saturated rings. The zero-order chi connectivity index (χ0) is 87.7. The van der Waals surface area contributed by atoms with Gasteiger partial charge in [-0.15, -0.1) is 0 Å². The molecule has 698 valence electrons. The van der Waals surface area contributed by atoms with Crippen molar-refractivity contribution in [2.75, 3.05) is 85.8 Å². The second-order valence-corrected chi connectivity index (χ2v) is 31.0. The molecule has 0 aromatic carbocycles. The lowest BCUT2D eigenvalue weighted by Gasteiger charge is -2.50. The summed E-state index contributed by atoms with van der Waals surface area (Å²) >= 11 is 5.80. The van der Waals surface area contributed by atoms with Gasteiger partial charge in [0.25, 0.3) is 0 Å². The van der Waals surface area contributed by atoms with Gasteiger partial charge in [-0.1, -0.05) is 0 Å². The Morgan fingerprint density at radius 3 is 0.592 bits per heavy atom. The van der Waals surface area contributed by atoms with E-state index in [1.165, 1.54) is 0 Å². The normalized spacial score (nSPS) is 51.5. The summed E-state index contributed by atoms with van der Waals surface area (Å²) in [4.78, 5) is 0. The molecule has 0 aromatic heterocycles. The number of aliphatic hydroxyl groups excluding tert-OH is 32. The Morgan fingerprint density at radius 2 is 0.400 bits per heavy atom.